The number of amides is 1. The van der Waals surface area contributed by atoms with Crippen molar-refractivity contribution in [3.63, 3.8) is 0 Å². The van der Waals surface area contributed by atoms with Gasteiger partial charge in [0, 0.05) is 12.8 Å². The lowest BCUT2D eigenvalue weighted by Gasteiger charge is -2.07. The Morgan fingerprint density at radius 2 is 1.58 bits per heavy atom. The molecular weight excluding hydrogens is 326 g/mol. The lowest BCUT2D eigenvalue weighted by molar-refractivity contribution is -0.120. The van der Waals surface area contributed by atoms with E-state index in [4.69, 9.17) is 4.74 Å². The molecule has 0 bridgehead atoms. The summed E-state index contributed by atoms with van der Waals surface area (Å²) in [6, 6.07) is 14.1. The molecule has 0 aromatic heterocycles. The number of hydrogen-bond donors (Lipinski definition) is 1. The van der Waals surface area contributed by atoms with Crippen LogP contribution in [-0.2, 0) is 27.5 Å². The van der Waals surface area contributed by atoms with Crippen LogP contribution < -0.4 is 10.1 Å². The molecule has 0 unspecified atom stereocenters. The maximum atomic E-state index is 11.9. The topological polar surface area (TPSA) is 72.5 Å². The van der Waals surface area contributed by atoms with E-state index in [1.54, 1.807) is 19.2 Å². The standard InChI is InChI=1S/C18H21NO4S/c1-23-16-7-3-14(4-8-16)11-12-19-18(20)13-15-5-9-17(10-6-15)24(2,21)22/h3-10H,11-13H2,1-2H3,(H,19,20). The van der Waals surface area contributed by atoms with Crippen LogP contribution in [-0.4, -0.2) is 34.2 Å². The van der Waals surface area contributed by atoms with Gasteiger partial charge in [-0.1, -0.05) is 24.3 Å². The third kappa shape index (κ3) is 5.38. The first-order chi connectivity index (χ1) is 11.4. The molecule has 2 aromatic rings. The zero-order valence-corrected chi connectivity index (χ0v) is 14.6. The molecule has 128 valence electrons. The van der Waals surface area contributed by atoms with Crippen LogP contribution in [0.3, 0.4) is 0 Å². The maximum Gasteiger partial charge on any atom is 0.224 e. The molecule has 5 nitrogen and oxygen atoms in total. The molecule has 0 fully saturated rings. The summed E-state index contributed by atoms with van der Waals surface area (Å²) in [4.78, 5) is 12.2. The summed E-state index contributed by atoms with van der Waals surface area (Å²) in [5.41, 5.74) is 1.90. The van der Waals surface area contributed by atoms with E-state index in [2.05, 4.69) is 5.32 Å². The van der Waals surface area contributed by atoms with Gasteiger partial charge in [0.2, 0.25) is 5.91 Å². The second-order valence-corrected chi connectivity index (χ2v) is 7.56. The highest BCUT2D eigenvalue weighted by molar-refractivity contribution is 7.90. The van der Waals surface area contributed by atoms with E-state index < -0.39 is 9.84 Å². The first-order valence-electron chi connectivity index (χ1n) is 7.57. The Labute approximate surface area is 142 Å². The van der Waals surface area contributed by atoms with Gasteiger partial charge in [0.1, 0.15) is 5.75 Å². The van der Waals surface area contributed by atoms with Gasteiger partial charge in [0.25, 0.3) is 0 Å². The Kier molecular flexibility index (Phi) is 5.98. The molecule has 1 N–H and O–H groups in total. The van der Waals surface area contributed by atoms with Crippen LogP contribution in [0.1, 0.15) is 11.1 Å². The number of carbonyl (C=O) groups excluding carboxylic acids is 1. The van der Waals surface area contributed by atoms with Gasteiger partial charge in [0.05, 0.1) is 18.4 Å². The molecule has 6 heteroatoms. The molecule has 0 atom stereocenters. The molecule has 0 heterocycles. The second kappa shape index (κ2) is 7.97. The summed E-state index contributed by atoms with van der Waals surface area (Å²) >= 11 is 0. The number of hydrogen-bond acceptors (Lipinski definition) is 4. The minimum atomic E-state index is -3.21. The van der Waals surface area contributed by atoms with E-state index in [1.165, 1.54) is 12.1 Å². The minimum Gasteiger partial charge on any atom is -0.497 e. The van der Waals surface area contributed by atoms with Crippen molar-refractivity contribution in [1.82, 2.24) is 5.32 Å². The lowest BCUT2D eigenvalue weighted by Crippen LogP contribution is -2.27. The van der Waals surface area contributed by atoms with Crippen molar-refractivity contribution in [3.05, 3.63) is 59.7 Å². The minimum absolute atomic E-state index is 0.0874. The average Bonchev–Trinajstić information content (AvgIpc) is 2.55. The number of rotatable bonds is 7. The van der Waals surface area contributed by atoms with Crippen molar-refractivity contribution in [3.8, 4) is 5.75 Å². The van der Waals surface area contributed by atoms with Gasteiger partial charge in [-0.05, 0) is 41.8 Å². The Hall–Kier alpha value is -2.34. The molecular formula is C18H21NO4S. The molecule has 0 aliphatic heterocycles. The number of methoxy groups -OCH3 is 1. The van der Waals surface area contributed by atoms with Crippen LogP contribution >= 0.6 is 0 Å². The third-order valence-corrected chi connectivity index (χ3v) is 4.74. The summed E-state index contributed by atoms with van der Waals surface area (Å²) in [5, 5.41) is 2.86. The summed E-state index contributed by atoms with van der Waals surface area (Å²) in [7, 11) is -1.58. The molecule has 0 saturated heterocycles. The number of ether oxygens (including phenoxy) is 1. The van der Waals surface area contributed by atoms with Gasteiger partial charge in [0.15, 0.2) is 9.84 Å². The monoisotopic (exact) mass is 347 g/mol. The van der Waals surface area contributed by atoms with E-state index in [9.17, 15) is 13.2 Å². The van der Waals surface area contributed by atoms with Crippen LogP contribution in [0.25, 0.3) is 0 Å². The Morgan fingerprint density at radius 1 is 1.00 bits per heavy atom. The van der Waals surface area contributed by atoms with Crippen molar-refractivity contribution >= 4 is 15.7 Å². The fraction of sp³-hybridized carbons (Fsp3) is 0.278. The smallest absolute Gasteiger partial charge is 0.224 e. The van der Waals surface area contributed by atoms with Crippen molar-refractivity contribution in [1.29, 1.82) is 0 Å². The molecule has 0 spiro atoms. The summed E-state index contributed by atoms with van der Waals surface area (Å²) < 4.78 is 27.9. The number of sulfone groups is 1. The predicted octanol–water partition coefficient (Wildman–Crippen LogP) is 2.00. The summed E-state index contributed by atoms with van der Waals surface area (Å²) in [6.07, 6.45) is 2.13. The van der Waals surface area contributed by atoms with Crippen molar-refractivity contribution in [2.75, 3.05) is 19.9 Å². The van der Waals surface area contributed by atoms with E-state index in [1.807, 2.05) is 24.3 Å². The highest BCUT2D eigenvalue weighted by Gasteiger charge is 2.08. The molecule has 24 heavy (non-hydrogen) atoms. The normalized spacial score (nSPS) is 11.1. The van der Waals surface area contributed by atoms with Crippen molar-refractivity contribution < 1.29 is 17.9 Å². The molecule has 0 aliphatic rings. The van der Waals surface area contributed by atoms with Gasteiger partial charge < -0.3 is 10.1 Å². The fourth-order valence-electron chi connectivity index (χ4n) is 2.24. The Morgan fingerprint density at radius 3 is 2.12 bits per heavy atom. The van der Waals surface area contributed by atoms with Gasteiger partial charge in [-0.3, -0.25) is 4.79 Å². The highest BCUT2D eigenvalue weighted by atomic mass is 32.2. The largest absolute Gasteiger partial charge is 0.497 e. The van der Waals surface area contributed by atoms with Crippen LogP contribution in [0.4, 0.5) is 0 Å². The summed E-state index contributed by atoms with van der Waals surface area (Å²) in [6.45, 7) is 0.548. The van der Waals surface area contributed by atoms with Crippen molar-refractivity contribution in [2.45, 2.75) is 17.7 Å². The van der Waals surface area contributed by atoms with E-state index in [0.29, 0.717) is 6.54 Å². The molecule has 2 aromatic carbocycles. The molecule has 2 rings (SSSR count). The van der Waals surface area contributed by atoms with Crippen LogP contribution in [0.5, 0.6) is 5.75 Å². The quantitative estimate of drug-likeness (QED) is 0.831. The van der Waals surface area contributed by atoms with Gasteiger partial charge in [-0.2, -0.15) is 0 Å². The fourth-order valence-corrected chi connectivity index (χ4v) is 2.87. The summed E-state index contributed by atoms with van der Waals surface area (Å²) in [5.74, 6) is 0.718. The van der Waals surface area contributed by atoms with Gasteiger partial charge in [-0.25, -0.2) is 8.42 Å². The molecule has 0 radical (unpaired) electrons. The van der Waals surface area contributed by atoms with Gasteiger partial charge >= 0.3 is 0 Å². The zero-order valence-electron chi connectivity index (χ0n) is 13.8. The van der Waals surface area contributed by atoms with E-state index in [0.717, 1.165) is 29.6 Å². The predicted molar refractivity (Wildman–Crippen MR) is 93.0 cm³/mol. The van der Waals surface area contributed by atoms with E-state index in [-0.39, 0.29) is 17.2 Å². The van der Waals surface area contributed by atoms with Crippen LogP contribution in [0.15, 0.2) is 53.4 Å². The average molecular weight is 347 g/mol. The number of nitrogens with one attached hydrogen (secondary N) is 1. The number of benzene rings is 2. The zero-order chi connectivity index (χ0) is 17.6. The van der Waals surface area contributed by atoms with Crippen LogP contribution in [0, 0.1) is 0 Å². The highest BCUT2D eigenvalue weighted by Crippen LogP contribution is 2.12. The van der Waals surface area contributed by atoms with Crippen LogP contribution in [0.2, 0.25) is 0 Å². The second-order valence-electron chi connectivity index (χ2n) is 5.54. The number of carbonyl (C=O) groups is 1. The Bertz CT molecular complexity index is 781. The van der Waals surface area contributed by atoms with E-state index >= 15 is 0 Å². The maximum absolute atomic E-state index is 11.9. The first-order valence-corrected chi connectivity index (χ1v) is 9.46. The molecule has 0 saturated carbocycles. The van der Waals surface area contributed by atoms with Crippen molar-refractivity contribution in [2.24, 2.45) is 0 Å². The van der Waals surface area contributed by atoms with Gasteiger partial charge in [-0.15, -0.1) is 0 Å². The molecule has 0 aliphatic carbocycles. The SMILES string of the molecule is COc1ccc(CCNC(=O)Cc2ccc(S(C)(=O)=O)cc2)cc1. The third-order valence-electron chi connectivity index (χ3n) is 3.61. The first kappa shape index (κ1) is 18.0. The Balaban J connectivity index is 1.80. The molecule has 1 amide bonds. The lowest BCUT2D eigenvalue weighted by atomic mass is 10.1.